The van der Waals surface area contributed by atoms with Crippen LogP contribution >= 0.6 is 11.6 Å². The summed E-state index contributed by atoms with van der Waals surface area (Å²) in [6.45, 7) is 2.09. The lowest BCUT2D eigenvalue weighted by molar-refractivity contribution is -0.115. The van der Waals surface area contributed by atoms with Gasteiger partial charge in [0.2, 0.25) is 5.91 Å². The van der Waals surface area contributed by atoms with Crippen molar-refractivity contribution in [1.82, 2.24) is 5.32 Å². The molecule has 0 aromatic heterocycles. The number of nitrogens with one attached hydrogen (secondary N) is 2. The summed E-state index contributed by atoms with van der Waals surface area (Å²) in [5, 5.41) is 5.21. The van der Waals surface area contributed by atoms with E-state index in [1.807, 2.05) is 31.2 Å². The van der Waals surface area contributed by atoms with Gasteiger partial charge in [-0.05, 0) is 24.1 Å². The van der Waals surface area contributed by atoms with Gasteiger partial charge in [-0.25, -0.2) is 8.42 Å². The van der Waals surface area contributed by atoms with Crippen LogP contribution in [0.2, 0.25) is 0 Å². The smallest absolute Gasteiger partial charge is 0.238 e. The van der Waals surface area contributed by atoms with Crippen LogP contribution in [0.3, 0.4) is 0 Å². The van der Waals surface area contributed by atoms with Crippen molar-refractivity contribution in [3.63, 3.8) is 0 Å². The first kappa shape index (κ1) is 16.3. The van der Waals surface area contributed by atoms with E-state index in [1.165, 1.54) is 0 Å². The topological polar surface area (TPSA) is 75.3 Å². The Labute approximate surface area is 130 Å². The summed E-state index contributed by atoms with van der Waals surface area (Å²) in [5.41, 5.74) is 1.88. The van der Waals surface area contributed by atoms with Crippen molar-refractivity contribution in [1.29, 1.82) is 0 Å². The number of carbonyl (C=O) groups excluding carboxylic acids is 1. The summed E-state index contributed by atoms with van der Waals surface area (Å²) in [7, 11) is -3.09. The first-order valence-corrected chi connectivity index (χ1v) is 9.12. The molecule has 116 valence electrons. The van der Waals surface area contributed by atoms with E-state index in [9.17, 15) is 13.2 Å². The number of amides is 1. The molecule has 1 fully saturated rings. The fourth-order valence-corrected chi connectivity index (χ4v) is 4.90. The summed E-state index contributed by atoms with van der Waals surface area (Å²) < 4.78 is 22.9. The van der Waals surface area contributed by atoms with Gasteiger partial charge in [0, 0.05) is 11.7 Å². The second-order valence-electron chi connectivity index (χ2n) is 5.18. The summed E-state index contributed by atoms with van der Waals surface area (Å²) in [6, 6.07) is 7.25. The van der Waals surface area contributed by atoms with Gasteiger partial charge in [-0.3, -0.25) is 4.79 Å². The van der Waals surface area contributed by atoms with E-state index in [0.29, 0.717) is 0 Å². The van der Waals surface area contributed by atoms with Crippen LogP contribution in [0.1, 0.15) is 12.5 Å². The third-order valence-electron chi connectivity index (χ3n) is 3.43. The number of hydrogen-bond donors (Lipinski definition) is 2. The molecule has 1 aromatic carbocycles. The summed E-state index contributed by atoms with van der Waals surface area (Å²) in [6.07, 6.45) is 0.899. The molecule has 0 spiro atoms. The van der Waals surface area contributed by atoms with Crippen molar-refractivity contribution < 1.29 is 13.2 Å². The third-order valence-corrected chi connectivity index (χ3v) is 5.80. The largest absolute Gasteiger partial charge is 0.325 e. The fraction of sp³-hybridized carbons (Fsp3) is 0.500. The van der Waals surface area contributed by atoms with Crippen LogP contribution in [-0.4, -0.2) is 43.8 Å². The number of hydrogen-bond acceptors (Lipinski definition) is 4. The number of aryl methyl sites for hydroxylation is 1. The van der Waals surface area contributed by atoms with E-state index < -0.39 is 15.2 Å². The molecule has 0 bridgehead atoms. The van der Waals surface area contributed by atoms with Gasteiger partial charge in [0.25, 0.3) is 0 Å². The van der Waals surface area contributed by atoms with Crippen LogP contribution < -0.4 is 10.6 Å². The molecule has 5 nitrogen and oxygen atoms in total. The molecule has 0 aliphatic carbocycles. The molecule has 2 N–H and O–H groups in total. The minimum Gasteiger partial charge on any atom is -0.325 e. The van der Waals surface area contributed by atoms with Crippen LogP contribution in [0.25, 0.3) is 0 Å². The van der Waals surface area contributed by atoms with Crippen LogP contribution in [0, 0.1) is 0 Å². The Hall–Kier alpha value is -1.11. The Bertz CT molecular complexity index is 618. The number of carbonyl (C=O) groups is 1. The third kappa shape index (κ3) is 4.69. The summed E-state index contributed by atoms with van der Waals surface area (Å²) in [4.78, 5) is 11.9. The minimum absolute atomic E-state index is 0.0141. The quantitative estimate of drug-likeness (QED) is 0.795. The highest BCUT2D eigenvalue weighted by Gasteiger charge is 2.36. The predicted octanol–water partition coefficient (Wildman–Crippen LogP) is 1.18. The molecule has 7 heteroatoms. The molecule has 1 aromatic rings. The Morgan fingerprint density at radius 2 is 2.14 bits per heavy atom. The summed E-state index contributed by atoms with van der Waals surface area (Å²) >= 11 is 5.97. The number of rotatable bonds is 5. The molecular formula is C14H19ClN2O3S. The van der Waals surface area contributed by atoms with Crippen LogP contribution in [0.15, 0.2) is 24.3 Å². The lowest BCUT2D eigenvalue weighted by Gasteiger charge is -2.14. The normalized spacial score (nSPS) is 23.9. The number of alkyl halides is 1. The lowest BCUT2D eigenvalue weighted by atomic mass is 10.1. The van der Waals surface area contributed by atoms with Crippen LogP contribution in [0.4, 0.5) is 5.69 Å². The standard InChI is InChI=1S/C14H19ClN2O3S/c1-2-10-4-3-5-11(6-10)17-14(18)7-16-13-9-21(19,20)8-12(13)15/h3-6,12-13,16H,2,7-9H2,1H3,(H,17,18). The Morgan fingerprint density at radius 3 is 2.76 bits per heavy atom. The molecule has 1 heterocycles. The molecule has 1 amide bonds. The monoisotopic (exact) mass is 330 g/mol. The van der Waals surface area contributed by atoms with Gasteiger partial charge in [0.1, 0.15) is 0 Å². The fourth-order valence-electron chi connectivity index (χ4n) is 2.29. The van der Waals surface area contributed by atoms with Gasteiger partial charge in [-0.2, -0.15) is 0 Å². The zero-order valence-electron chi connectivity index (χ0n) is 11.8. The molecule has 0 saturated carbocycles. The Morgan fingerprint density at radius 1 is 1.38 bits per heavy atom. The van der Waals surface area contributed by atoms with Gasteiger partial charge in [-0.15, -0.1) is 11.6 Å². The van der Waals surface area contributed by atoms with Crippen molar-refractivity contribution in [2.45, 2.75) is 24.8 Å². The second-order valence-corrected chi connectivity index (χ2v) is 7.90. The summed E-state index contributed by atoms with van der Waals surface area (Å²) in [5.74, 6) is -0.261. The highest BCUT2D eigenvalue weighted by atomic mass is 35.5. The zero-order chi connectivity index (χ0) is 15.5. The maximum Gasteiger partial charge on any atom is 0.238 e. The average Bonchev–Trinajstić information content (AvgIpc) is 2.69. The van der Waals surface area contributed by atoms with Gasteiger partial charge >= 0.3 is 0 Å². The highest BCUT2D eigenvalue weighted by molar-refractivity contribution is 7.91. The van der Waals surface area contributed by atoms with Gasteiger partial charge in [0.15, 0.2) is 9.84 Å². The average molecular weight is 331 g/mol. The Balaban J connectivity index is 1.85. The van der Waals surface area contributed by atoms with Crippen molar-refractivity contribution >= 4 is 33.0 Å². The molecule has 2 unspecified atom stereocenters. The minimum atomic E-state index is -3.09. The molecule has 21 heavy (non-hydrogen) atoms. The maximum atomic E-state index is 11.9. The molecule has 1 aliphatic heterocycles. The number of benzene rings is 1. The molecule has 1 aliphatic rings. The highest BCUT2D eigenvalue weighted by Crippen LogP contribution is 2.17. The van der Waals surface area contributed by atoms with Crippen LogP contribution in [-0.2, 0) is 21.1 Å². The number of halogens is 1. The van der Waals surface area contributed by atoms with Gasteiger partial charge in [0.05, 0.1) is 23.4 Å². The number of sulfone groups is 1. The van der Waals surface area contributed by atoms with E-state index in [2.05, 4.69) is 10.6 Å². The predicted molar refractivity (Wildman–Crippen MR) is 84.5 cm³/mol. The molecule has 1 saturated heterocycles. The first-order chi connectivity index (χ1) is 9.89. The van der Waals surface area contributed by atoms with E-state index >= 15 is 0 Å². The molecule has 2 rings (SSSR count). The number of anilines is 1. The van der Waals surface area contributed by atoms with E-state index in [1.54, 1.807) is 0 Å². The van der Waals surface area contributed by atoms with Crippen molar-refractivity contribution in [2.75, 3.05) is 23.4 Å². The first-order valence-electron chi connectivity index (χ1n) is 6.86. The van der Waals surface area contributed by atoms with Crippen molar-refractivity contribution in [3.8, 4) is 0 Å². The van der Waals surface area contributed by atoms with E-state index in [-0.39, 0.29) is 30.0 Å². The van der Waals surface area contributed by atoms with E-state index in [4.69, 9.17) is 11.6 Å². The molecular weight excluding hydrogens is 312 g/mol. The Kier molecular flexibility index (Phi) is 5.24. The molecule has 2 atom stereocenters. The SMILES string of the molecule is CCc1cccc(NC(=O)CNC2CS(=O)(=O)CC2Cl)c1. The van der Waals surface area contributed by atoms with Crippen LogP contribution in [0.5, 0.6) is 0 Å². The zero-order valence-corrected chi connectivity index (χ0v) is 13.4. The maximum absolute atomic E-state index is 11.9. The lowest BCUT2D eigenvalue weighted by Crippen LogP contribution is -2.41. The molecule has 0 radical (unpaired) electrons. The van der Waals surface area contributed by atoms with Gasteiger partial charge < -0.3 is 10.6 Å². The van der Waals surface area contributed by atoms with Gasteiger partial charge in [-0.1, -0.05) is 19.1 Å². The van der Waals surface area contributed by atoms with Crippen molar-refractivity contribution in [3.05, 3.63) is 29.8 Å². The van der Waals surface area contributed by atoms with E-state index in [0.717, 1.165) is 17.7 Å². The second kappa shape index (κ2) is 6.77. The van der Waals surface area contributed by atoms with Crippen molar-refractivity contribution in [2.24, 2.45) is 0 Å².